The largest absolute Gasteiger partial charge is 0.468 e. The van der Waals surface area contributed by atoms with Crippen molar-refractivity contribution in [2.75, 3.05) is 20.2 Å². The van der Waals surface area contributed by atoms with Gasteiger partial charge in [0.05, 0.1) is 19.2 Å². The van der Waals surface area contributed by atoms with Gasteiger partial charge in [-0.1, -0.05) is 23.3 Å². The second-order valence-electron chi connectivity index (χ2n) is 4.75. The van der Waals surface area contributed by atoms with Crippen LogP contribution in [0, 0.1) is 0 Å². The van der Waals surface area contributed by atoms with E-state index in [0.717, 1.165) is 4.90 Å². The molecule has 1 aromatic rings. The van der Waals surface area contributed by atoms with Gasteiger partial charge in [0.25, 0.3) is 0 Å². The van der Waals surface area contributed by atoms with Gasteiger partial charge in [-0.25, -0.2) is 4.79 Å². The van der Waals surface area contributed by atoms with E-state index >= 15 is 0 Å². The maximum atomic E-state index is 12.1. The number of methoxy groups -OCH3 is 1. The topological polar surface area (TPSA) is 122 Å². The van der Waals surface area contributed by atoms with E-state index in [2.05, 4.69) is 14.8 Å². The fraction of sp³-hybridized carbons (Fsp3) is 0.357. The number of ether oxygens (including phenoxy) is 2. The van der Waals surface area contributed by atoms with Crippen molar-refractivity contribution in [1.29, 1.82) is 0 Å². The normalized spacial score (nSPS) is 19.9. The van der Waals surface area contributed by atoms with Crippen LogP contribution in [0.4, 0.5) is 0 Å². The molecule has 2 rings (SSSR count). The molecule has 0 saturated carbocycles. The van der Waals surface area contributed by atoms with Crippen molar-refractivity contribution >= 4 is 17.8 Å². The first-order chi connectivity index (χ1) is 11.1. The van der Waals surface area contributed by atoms with E-state index in [1.807, 2.05) is 0 Å². The molecule has 0 aromatic heterocycles. The highest BCUT2D eigenvalue weighted by Gasteiger charge is 2.43. The first kappa shape index (κ1) is 16.3. The molecule has 23 heavy (non-hydrogen) atoms. The number of carbonyl (C=O) groups excluding carboxylic acids is 3. The average Bonchev–Trinajstić information content (AvgIpc) is 2.84. The number of hydrogen-bond acceptors (Lipinski definition) is 6. The Morgan fingerprint density at radius 1 is 1.39 bits per heavy atom. The van der Waals surface area contributed by atoms with Crippen LogP contribution < -0.4 is 0 Å². The third-order valence-electron chi connectivity index (χ3n) is 3.31. The molecule has 0 bridgehead atoms. The molecule has 9 nitrogen and oxygen atoms in total. The first-order valence-corrected chi connectivity index (χ1v) is 6.72. The monoisotopic (exact) mass is 318 g/mol. The minimum Gasteiger partial charge on any atom is -0.468 e. The van der Waals surface area contributed by atoms with Crippen LogP contribution >= 0.6 is 0 Å². The van der Waals surface area contributed by atoms with Crippen LogP contribution in [0.25, 0.3) is 10.4 Å². The smallest absolute Gasteiger partial charge is 0.338 e. The summed E-state index contributed by atoms with van der Waals surface area (Å²) < 4.78 is 9.76. The maximum Gasteiger partial charge on any atom is 0.338 e. The van der Waals surface area contributed by atoms with E-state index in [9.17, 15) is 14.4 Å². The number of rotatable bonds is 5. The molecule has 1 aliphatic heterocycles. The summed E-state index contributed by atoms with van der Waals surface area (Å²) in [5.74, 6) is -1.84. The standard InChI is InChI=1S/C14H14N4O5/c1-22-11(19)8-18-7-10(12(13(18)20)16-17-15)23-14(21)9-5-3-2-4-6-9/h2-6,10,12H,7-8H2,1H3/t10-,12+/m1/s1. The van der Waals surface area contributed by atoms with Crippen LogP contribution in [0.5, 0.6) is 0 Å². The molecule has 1 saturated heterocycles. The van der Waals surface area contributed by atoms with Crippen molar-refractivity contribution in [2.45, 2.75) is 12.1 Å². The Hall–Kier alpha value is -3.06. The number of hydrogen-bond donors (Lipinski definition) is 0. The average molecular weight is 318 g/mol. The second-order valence-corrected chi connectivity index (χ2v) is 4.75. The minimum atomic E-state index is -1.20. The zero-order valence-electron chi connectivity index (χ0n) is 12.3. The van der Waals surface area contributed by atoms with E-state index < -0.39 is 30.0 Å². The lowest BCUT2D eigenvalue weighted by molar-refractivity contribution is -0.145. The Bertz CT molecular complexity index is 656. The van der Waals surface area contributed by atoms with E-state index in [1.165, 1.54) is 7.11 Å². The van der Waals surface area contributed by atoms with Gasteiger partial charge in [0.2, 0.25) is 5.91 Å². The van der Waals surface area contributed by atoms with Crippen molar-refractivity contribution in [3.8, 4) is 0 Å². The fourth-order valence-corrected chi connectivity index (χ4v) is 2.18. The molecule has 0 N–H and O–H groups in total. The van der Waals surface area contributed by atoms with Crippen molar-refractivity contribution in [2.24, 2.45) is 5.11 Å². The second kappa shape index (κ2) is 7.28. The lowest BCUT2D eigenvalue weighted by atomic mass is 10.2. The summed E-state index contributed by atoms with van der Waals surface area (Å²) in [6.07, 6.45) is -0.962. The van der Waals surface area contributed by atoms with Gasteiger partial charge in [0.15, 0.2) is 6.04 Å². The quantitative estimate of drug-likeness (QED) is 0.345. The van der Waals surface area contributed by atoms with Crippen molar-refractivity contribution in [3.05, 3.63) is 46.3 Å². The fourth-order valence-electron chi connectivity index (χ4n) is 2.18. The highest BCUT2D eigenvalue weighted by molar-refractivity contribution is 5.92. The molecule has 0 unspecified atom stereocenters. The third kappa shape index (κ3) is 3.78. The molecule has 2 atom stereocenters. The number of azide groups is 1. The Morgan fingerprint density at radius 2 is 2.09 bits per heavy atom. The Kier molecular flexibility index (Phi) is 5.16. The molecule has 1 aromatic carbocycles. The van der Waals surface area contributed by atoms with E-state index in [0.29, 0.717) is 5.56 Å². The number of amides is 1. The van der Waals surface area contributed by atoms with Crippen LogP contribution in [0.3, 0.4) is 0 Å². The van der Waals surface area contributed by atoms with Gasteiger partial charge in [-0.3, -0.25) is 9.59 Å². The minimum absolute atomic E-state index is 0.0454. The van der Waals surface area contributed by atoms with Gasteiger partial charge in [0.1, 0.15) is 12.6 Å². The highest BCUT2D eigenvalue weighted by atomic mass is 16.5. The zero-order chi connectivity index (χ0) is 16.8. The van der Waals surface area contributed by atoms with Gasteiger partial charge < -0.3 is 14.4 Å². The zero-order valence-corrected chi connectivity index (χ0v) is 12.3. The van der Waals surface area contributed by atoms with Crippen LogP contribution in [0.1, 0.15) is 10.4 Å². The first-order valence-electron chi connectivity index (χ1n) is 6.72. The summed E-state index contributed by atoms with van der Waals surface area (Å²) in [5.41, 5.74) is 8.89. The van der Waals surface area contributed by atoms with Crippen molar-refractivity contribution in [1.82, 2.24) is 4.90 Å². The number of carbonyl (C=O) groups is 3. The molecule has 120 valence electrons. The molecule has 0 radical (unpaired) electrons. The van der Waals surface area contributed by atoms with Gasteiger partial charge in [0, 0.05) is 4.91 Å². The molecule has 1 fully saturated rings. The van der Waals surface area contributed by atoms with Crippen molar-refractivity contribution < 1.29 is 23.9 Å². The van der Waals surface area contributed by atoms with Crippen LogP contribution in [0.15, 0.2) is 35.4 Å². The van der Waals surface area contributed by atoms with Crippen LogP contribution in [0.2, 0.25) is 0 Å². The molecule has 9 heteroatoms. The van der Waals surface area contributed by atoms with Crippen LogP contribution in [-0.4, -0.2) is 55.1 Å². The predicted molar refractivity (Wildman–Crippen MR) is 77.2 cm³/mol. The van der Waals surface area contributed by atoms with Gasteiger partial charge in [-0.15, -0.1) is 0 Å². The summed E-state index contributed by atoms with van der Waals surface area (Å²) in [4.78, 5) is 39.2. The van der Waals surface area contributed by atoms with Crippen LogP contribution in [-0.2, 0) is 19.1 Å². The summed E-state index contributed by atoms with van der Waals surface area (Å²) in [6, 6.07) is 7.02. The van der Waals surface area contributed by atoms with Gasteiger partial charge in [-0.05, 0) is 17.7 Å². The highest BCUT2D eigenvalue weighted by Crippen LogP contribution is 2.20. The number of nitrogens with zero attached hydrogens (tertiary/aromatic N) is 4. The van der Waals surface area contributed by atoms with E-state index in [-0.39, 0.29) is 13.1 Å². The Labute approximate surface area is 131 Å². The summed E-state index contributed by atoms with van der Waals surface area (Å²) >= 11 is 0. The van der Waals surface area contributed by atoms with Crippen molar-refractivity contribution in [3.63, 3.8) is 0 Å². The van der Waals surface area contributed by atoms with E-state index in [4.69, 9.17) is 10.3 Å². The Morgan fingerprint density at radius 3 is 2.70 bits per heavy atom. The molecule has 1 heterocycles. The predicted octanol–water partition coefficient (Wildman–Crippen LogP) is 0.906. The summed E-state index contributed by atoms with van der Waals surface area (Å²) in [7, 11) is 1.20. The van der Waals surface area contributed by atoms with E-state index in [1.54, 1.807) is 30.3 Å². The molecule has 1 amide bonds. The molecule has 0 aliphatic carbocycles. The lowest BCUT2D eigenvalue weighted by Gasteiger charge is -2.15. The molecular weight excluding hydrogens is 304 g/mol. The van der Waals surface area contributed by atoms with Gasteiger partial charge >= 0.3 is 11.9 Å². The van der Waals surface area contributed by atoms with Gasteiger partial charge in [-0.2, -0.15) is 0 Å². The lowest BCUT2D eigenvalue weighted by Crippen LogP contribution is -2.34. The summed E-state index contributed by atoms with van der Waals surface area (Å²) in [6.45, 7) is -0.345. The Balaban J connectivity index is 2.12. The summed E-state index contributed by atoms with van der Waals surface area (Å²) in [5, 5.41) is 3.38. The molecule has 0 spiro atoms. The number of likely N-dealkylation sites (tertiary alicyclic amines) is 1. The molecular formula is C14H14N4O5. The maximum absolute atomic E-state index is 12.1. The SMILES string of the molecule is COC(=O)CN1C[C@@H](OC(=O)c2ccccc2)[C@H](N=[N+]=[N-])C1=O. The number of esters is 2. The number of benzene rings is 1. The molecule has 1 aliphatic rings. The third-order valence-corrected chi connectivity index (χ3v) is 3.31.